The van der Waals surface area contributed by atoms with Crippen LogP contribution in [0.3, 0.4) is 0 Å². The Morgan fingerprint density at radius 3 is 1.73 bits per heavy atom. The third-order valence-corrected chi connectivity index (χ3v) is 9.52. The number of hydrogen-bond donors (Lipinski definition) is 0. The molecule has 3 heteroatoms. The van der Waals surface area contributed by atoms with Crippen LogP contribution in [0.2, 0.25) is 0 Å². The molecule has 4 rings (SSSR count). The first-order valence-electron chi connectivity index (χ1n) is 7.33. The fourth-order valence-corrected chi connectivity index (χ4v) is 8.64. The van der Waals surface area contributed by atoms with E-state index in [4.69, 9.17) is 0 Å². The molecule has 2 aromatic carbocycles. The van der Waals surface area contributed by atoms with Crippen molar-refractivity contribution >= 4 is 60.6 Å². The van der Waals surface area contributed by atoms with Gasteiger partial charge in [0.05, 0.1) is 0 Å². The number of thiophene rings is 2. The number of allylic oxidation sites excluding steroid dienone is 1. The van der Waals surface area contributed by atoms with Gasteiger partial charge in [0.1, 0.15) is 0 Å². The van der Waals surface area contributed by atoms with Gasteiger partial charge in [0.2, 0.25) is 0 Å². The molecule has 107 valence electrons. The monoisotopic (exact) mass is 335 g/mol. The Kier molecular flexibility index (Phi) is 3.70. The summed E-state index contributed by atoms with van der Waals surface area (Å²) in [4.78, 5) is 0. The smallest absolute Gasteiger partial charge is 0.144 e. The second-order valence-electron chi connectivity index (χ2n) is 5.21. The number of hydrogen-bond acceptors (Lipinski definition) is 2. The van der Waals surface area contributed by atoms with Gasteiger partial charge in [-0.05, 0) is 42.0 Å². The summed E-state index contributed by atoms with van der Waals surface area (Å²) in [5, 5.41) is 2.74. The minimum atomic E-state index is -0.816. The third kappa shape index (κ3) is 2.45. The van der Waals surface area contributed by atoms with Gasteiger partial charge in [-0.25, -0.2) is 0 Å². The predicted molar refractivity (Wildman–Crippen MR) is 103 cm³/mol. The van der Waals surface area contributed by atoms with Gasteiger partial charge in [0, 0.05) is 18.4 Å². The molecule has 0 saturated heterocycles. The summed E-state index contributed by atoms with van der Waals surface area (Å²) < 4.78 is 5.84. The first kappa shape index (κ1) is 13.9. The predicted octanol–water partition coefficient (Wildman–Crippen LogP) is 4.84. The molecule has 0 bridgehead atoms. The lowest BCUT2D eigenvalue weighted by atomic mass is 10.3. The molecule has 0 aliphatic carbocycles. The number of fused-ring (bicyclic) bond motifs is 2. The van der Waals surface area contributed by atoms with Crippen LogP contribution in [-0.2, 0) is 0 Å². The molecule has 22 heavy (non-hydrogen) atoms. The Labute approximate surface area is 140 Å². The highest BCUT2D eigenvalue weighted by molar-refractivity contribution is 7.37. The lowest BCUT2D eigenvalue weighted by Gasteiger charge is -2.04. The molecule has 0 atom stereocenters. The standard InChI is InChI=1S/C19H15S2Si/c1-2-11-22(18-12-14-7-3-5-9-16(14)20-18)19-13-15-8-4-6-10-17(15)21-19/h2-13H,1H3. The maximum absolute atomic E-state index is 2.42. The van der Waals surface area contributed by atoms with Crippen LogP contribution in [0.4, 0.5) is 0 Å². The second kappa shape index (κ2) is 5.84. The van der Waals surface area contributed by atoms with E-state index < -0.39 is 8.80 Å². The topological polar surface area (TPSA) is 0 Å². The lowest BCUT2D eigenvalue weighted by molar-refractivity contribution is 1.77. The van der Waals surface area contributed by atoms with E-state index in [9.17, 15) is 0 Å². The summed E-state index contributed by atoms with van der Waals surface area (Å²) in [5.74, 6) is 0. The summed E-state index contributed by atoms with van der Waals surface area (Å²) in [6.07, 6.45) is 2.21. The largest absolute Gasteiger partial charge is 0.173 e. The van der Waals surface area contributed by atoms with Crippen molar-refractivity contribution in [3.8, 4) is 0 Å². The summed E-state index contributed by atoms with van der Waals surface area (Å²) >= 11 is 3.90. The van der Waals surface area contributed by atoms with Gasteiger partial charge in [0.25, 0.3) is 0 Å². The van der Waals surface area contributed by atoms with E-state index in [1.807, 2.05) is 22.7 Å². The quantitative estimate of drug-likeness (QED) is 0.470. The SMILES string of the molecule is CC=C[Si](c1cc2ccccc2s1)c1cc2ccccc2s1. The van der Waals surface area contributed by atoms with Crippen LogP contribution in [0.1, 0.15) is 6.92 Å². The van der Waals surface area contributed by atoms with Gasteiger partial charge in [-0.2, -0.15) is 0 Å². The molecule has 0 amide bonds. The van der Waals surface area contributed by atoms with Crippen molar-refractivity contribution in [2.75, 3.05) is 0 Å². The highest BCUT2D eigenvalue weighted by Gasteiger charge is 2.19. The van der Waals surface area contributed by atoms with Crippen LogP contribution in [0, 0.1) is 0 Å². The normalized spacial score (nSPS) is 12.1. The van der Waals surface area contributed by atoms with Crippen molar-refractivity contribution in [2.45, 2.75) is 6.92 Å². The molecule has 4 aromatic rings. The summed E-state index contributed by atoms with van der Waals surface area (Å²) in [6.45, 7) is 2.13. The summed E-state index contributed by atoms with van der Waals surface area (Å²) in [6, 6.07) is 22.2. The van der Waals surface area contributed by atoms with Crippen LogP contribution >= 0.6 is 22.7 Å². The van der Waals surface area contributed by atoms with E-state index in [2.05, 4.69) is 79.4 Å². The Morgan fingerprint density at radius 2 is 1.27 bits per heavy atom. The number of benzene rings is 2. The van der Waals surface area contributed by atoms with E-state index in [1.54, 1.807) is 0 Å². The maximum Gasteiger partial charge on any atom is 0.173 e. The fraction of sp³-hybridized carbons (Fsp3) is 0.0526. The van der Waals surface area contributed by atoms with Crippen molar-refractivity contribution in [3.63, 3.8) is 0 Å². The Hall–Kier alpha value is -1.68. The molecule has 0 N–H and O–H groups in total. The maximum atomic E-state index is 2.42. The molecule has 1 radical (unpaired) electrons. The molecule has 2 aromatic heterocycles. The van der Waals surface area contributed by atoms with Crippen molar-refractivity contribution in [2.24, 2.45) is 0 Å². The molecule has 2 heterocycles. The van der Waals surface area contributed by atoms with Crippen molar-refractivity contribution < 1.29 is 0 Å². The van der Waals surface area contributed by atoms with E-state index in [1.165, 1.54) is 29.2 Å². The van der Waals surface area contributed by atoms with Gasteiger partial charge in [-0.15, -0.1) is 22.7 Å². The second-order valence-corrected chi connectivity index (χ2v) is 10.3. The zero-order chi connectivity index (χ0) is 14.9. The minimum absolute atomic E-state index is 0.816. The molecule has 0 fully saturated rings. The Bertz CT molecular complexity index is 822. The van der Waals surface area contributed by atoms with Crippen molar-refractivity contribution in [1.82, 2.24) is 0 Å². The van der Waals surface area contributed by atoms with Gasteiger partial charge in [-0.3, -0.25) is 0 Å². The first-order chi connectivity index (χ1) is 10.8. The van der Waals surface area contributed by atoms with E-state index in [0.29, 0.717) is 0 Å². The molecule has 0 spiro atoms. The molecule has 0 saturated carbocycles. The van der Waals surface area contributed by atoms with E-state index in [0.717, 1.165) is 0 Å². The van der Waals surface area contributed by atoms with Crippen molar-refractivity contribution in [1.29, 1.82) is 0 Å². The van der Waals surface area contributed by atoms with E-state index in [-0.39, 0.29) is 0 Å². The Morgan fingerprint density at radius 1 is 0.773 bits per heavy atom. The van der Waals surface area contributed by atoms with Crippen LogP contribution in [-0.4, -0.2) is 8.80 Å². The highest BCUT2D eigenvalue weighted by Crippen LogP contribution is 2.22. The van der Waals surface area contributed by atoms with Crippen LogP contribution in [0.5, 0.6) is 0 Å². The Balaban J connectivity index is 1.86. The van der Waals surface area contributed by atoms with Crippen LogP contribution in [0.25, 0.3) is 20.2 Å². The summed E-state index contributed by atoms with van der Waals surface area (Å²) in [5.41, 5.74) is 2.42. The molecular weight excluding hydrogens is 320 g/mol. The molecule has 0 unspecified atom stereocenters. The molecule has 0 aliphatic heterocycles. The van der Waals surface area contributed by atoms with Gasteiger partial charge in [-0.1, -0.05) is 48.2 Å². The fourth-order valence-electron chi connectivity index (χ4n) is 2.68. The zero-order valence-corrected chi connectivity index (χ0v) is 14.9. The zero-order valence-electron chi connectivity index (χ0n) is 12.2. The third-order valence-electron chi connectivity index (χ3n) is 3.72. The van der Waals surface area contributed by atoms with Crippen molar-refractivity contribution in [3.05, 3.63) is 72.4 Å². The van der Waals surface area contributed by atoms with Crippen LogP contribution < -0.4 is 9.00 Å². The number of rotatable bonds is 3. The van der Waals surface area contributed by atoms with Gasteiger partial charge >= 0.3 is 0 Å². The first-order valence-corrected chi connectivity index (χ1v) is 10.5. The lowest BCUT2D eigenvalue weighted by Crippen LogP contribution is -2.36. The molecule has 0 nitrogen and oxygen atoms in total. The van der Waals surface area contributed by atoms with Gasteiger partial charge < -0.3 is 0 Å². The molecular formula is C19H15S2Si. The average Bonchev–Trinajstić information content (AvgIpc) is 3.15. The van der Waals surface area contributed by atoms with Gasteiger partial charge in [0.15, 0.2) is 8.80 Å². The van der Waals surface area contributed by atoms with Crippen LogP contribution in [0.15, 0.2) is 72.4 Å². The highest BCUT2D eigenvalue weighted by atomic mass is 32.1. The van der Waals surface area contributed by atoms with E-state index >= 15 is 0 Å². The average molecular weight is 336 g/mol. The minimum Gasteiger partial charge on any atom is -0.144 e. The summed E-state index contributed by atoms with van der Waals surface area (Å²) in [7, 11) is -0.816. The molecule has 0 aliphatic rings.